The molecule has 0 saturated heterocycles. The molecule has 0 amide bonds. The molecular weight excluding hydrogens is 214 g/mol. The van der Waals surface area contributed by atoms with E-state index in [0.717, 1.165) is 6.07 Å². The van der Waals surface area contributed by atoms with Crippen LogP contribution in [0.3, 0.4) is 0 Å². The number of nitrogens with one attached hydrogen (secondary N) is 1. The van der Waals surface area contributed by atoms with Gasteiger partial charge in [0.25, 0.3) is 9.05 Å². The van der Waals surface area contributed by atoms with E-state index in [4.69, 9.17) is 21.9 Å². The van der Waals surface area contributed by atoms with Gasteiger partial charge in [0.2, 0.25) is 0 Å². The number of rotatable bonds is 2. The molecule has 1 rings (SSSR count). The largest absolute Gasteiger partial charge is 0.397 e. The molecule has 7 heteroatoms. The molecule has 0 spiro atoms. The monoisotopic (exact) mass is 219 g/mol. The molecule has 1 aromatic carbocycles. The van der Waals surface area contributed by atoms with E-state index in [1.807, 2.05) is 0 Å². The molecule has 3 N–H and O–H groups in total. The highest BCUT2D eigenvalue weighted by Gasteiger charge is 2.11. The number of hydrogen-bond acceptors (Lipinski definition) is 5. The Morgan fingerprint density at radius 3 is 2.54 bits per heavy atom. The highest BCUT2D eigenvalue weighted by molar-refractivity contribution is 8.13. The third kappa shape index (κ3) is 2.16. The van der Waals surface area contributed by atoms with E-state index < -0.39 is 9.05 Å². The quantitative estimate of drug-likeness (QED) is 0.451. The minimum atomic E-state index is -3.78. The molecule has 70 valence electrons. The van der Waals surface area contributed by atoms with E-state index in [9.17, 15) is 8.42 Å². The van der Waals surface area contributed by atoms with Crippen LogP contribution in [0.15, 0.2) is 28.2 Å². The minimum absolute atomic E-state index is 0.0849. The maximum atomic E-state index is 10.8. The maximum absolute atomic E-state index is 10.8. The fourth-order valence-corrected chi connectivity index (χ4v) is 1.54. The zero-order chi connectivity index (χ0) is 10.1. The number of benzene rings is 1. The molecule has 0 unspecified atom stereocenters. The number of hydrogen-bond donors (Lipinski definition) is 2. The van der Waals surface area contributed by atoms with E-state index in [0.29, 0.717) is 0 Å². The summed E-state index contributed by atoms with van der Waals surface area (Å²) in [6.07, 6.45) is 0. The van der Waals surface area contributed by atoms with E-state index in [1.54, 1.807) is 0 Å². The van der Waals surface area contributed by atoms with Crippen molar-refractivity contribution in [2.24, 2.45) is 5.11 Å². The Morgan fingerprint density at radius 2 is 2.08 bits per heavy atom. The smallest absolute Gasteiger partial charge is 0.261 e. The van der Waals surface area contributed by atoms with Crippen LogP contribution in [0.1, 0.15) is 0 Å². The summed E-state index contributed by atoms with van der Waals surface area (Å²) in [5.41, 5.74) is 12.4. The van der Waals surface area contributed by atoms with Crippen LogP contribution in [0, 0.1) is 5.53 Å². The first-order valence-corrected chi connectivity index (χ1v) is 5.48. The fraction of sp³-hybridized carbons (Fsp3) is 0. The predicted molar refractivity (Wildman–Crippen MR) is 48.7 cm³/mol. The van der Waals surface area contributed by atoms with E-state index in [2.05, 4.69) is 5.11 Å². The summed E-state index contributed by atoms with van der Waals surface area (Å²) < 4.78 is 21.7. The molecule has 13 heavy (non-hydrogen) atoms. The Bertz CT molecular complexity index is 443. The number of nitrogens with two attached hydrogens (primary N) is 1. The summed E-state index contributed by atoms with van der Waals surface area (Å²) in [6.45, 7) is 0. The summed E-state index contributed by atoms with van der Waals surface area (Å²) in [5, 5.41) is 3.05. The molecule has 0 heterocycles. The molecule has 0 aromatic heterocycles. The molecule has 0 bridgehead atoms. The number of anilines is 1. The molecule has 0 fully saturated rings. The molecule has 1 aromatic rings. The van der Waals surface area contributed by atoms with E-state index in [1.165, 1.54) is 12.1 Å². The van der Waals surface area contributed by atoms with Gasteiger partial charge in [-0.2, -0.15) is 5.11 Å². The summed E-state index contributed by atoms with van der Waals surface area (Å²) in [5.74, 6) is 0. The lowest BCUT2D eigenvalue weighted by atomic mass is 10.3. The van der Waals surface area contributed by atoms with Crippen molar-refractivity contribution >= 4 is 31.1 Å². The first-order chi connectivity index (χ1) is 5.95. The van der Waals surface area contributed by atoms with Gasteiger partial charge in [0, 0.05) is 10.7 Å². The second-order valence-corrected chi connectivity index (χ2v) is 4.84. The first-order valence-electron chi connectivity index (χ1n) is 3.17. The van der Waals surface area contributed by atoms with Crippen LogP contribution < -0.4 is 5.73 Å². The van der Waals surface area contributed by atoms with Crippen molar-refractivity contribution in [3.8, 4) is 0 Å². The first kappa shape index (κ1) is 9.94. The SMILES string of the molecule is N=Nc1cc(S(=O)(=O)Cl)ccc1N. The molecule has 0 aliphatic rings. The Hall–Kier alpha value is -1.14. The maximum Gasteiger partial charge on any atom is 0.261 e. The van der Waals surface area contributed by atoms with Crippen LogP contribution in [-0.2, 0) is 9.05 Å². The summed E-state index contributed by atoms with van der Waals surface area (Å²) in [6, 6.07) is 3.74. The van der Waals surface area contributed by atoms with Crippen molar-refractivity contribution < 1.29 is 8.42 Å². The molecule has 5 nitrogen and oxygen atoms in total. The lowest BCUT2D eigenvalue weighted by molar-refractivity contribution is 0.609. The molecule has 0 aliphatic carbocycles. The minimum Gasteiger partial charge on any atom is -0.397 e. The van der Waals surface area contributed by atoms with E-state index >= 15 is 0 Å². The second-order valence-electron chi connectivity index (χ2n) is 2.27. The Labute approximate surface area is 79.4 Å². The third-order valence-corrected chi connectivity index (χ3v) is 2.76. The average molecular weight is 220 g/mol. The Kier molecular flexibility index (Phi) is 2.53. The van der Waals surface area contributed by atoms with Crippen LogP contribution in [0.2, 0.25) is 0 Å². The van der Waals surface area contributed by atoms with Crippen molar-refractivity contribution in [1.29, 1.82) is 5.53 Å². The van der Waals surface area contributed by atoms with Gasteiger partial charge < -0.3 is 5.73 Å². The topological polar surface area (TPSA) is 96.4 Å². The van der Waals surface area contributed by atoms with Crippen LogP contribution in [-0.4, -0.2) is 8.42 Å². The lowest BCUT2D eigenvalue weighted by Crippen LogP contribution is -1.92. The standard InChI is InChI=1S/C6H6ClN3O2S/c7-13(11,12)4-1-2-5(8)6(3-4)10-9/h1-3,9H,8H2. The number of nitrogens with zero attached hydrogens (tertiary/aromatic N) is 1. The number of nitrogen functional groups attached to an aromatic ring is 1. The molecule has 0 atom stereocenters. The van der Waals surface area contributed by atoms with Crippen LogP contribution in [0.5, 0.6) is 0 Å². The predicted octanol–water partition coefficient (Wildman–Crippen LogP) is 1.86. The zero-order valence-corrected chi connectivity index (χ0v) is 7.93. The van der Waals surface area contributed by atoms with Gasteiger partial charge in [0.05, 0.1) is 10.6 Å². The van der Waals surface area contributed by atoms with Crippen LogP contribution >= 0.6 is 10.7 Å². The van der Waals surface area contributed by atoms with Crippen molar-refractivity contribution in [3.05, 3.63) is 18.2 Å². The molecule has 0 radical (unpaired) electrons. The van der Waals surface area contributed by atoms with Gasteiger partial charge in [0.1, 0.15) is 5.69 Å². The van der Waals surface area contributed by atoms with Crippen molar-refractivity contribution in [3.63, 3.8) is 0 Å². The Morgan fingerprint density at radius 1 is 1.46 bits per heavy atom. The van der Waals surface area contributed by atoms with Gasteiger partial charge in [-0.25, -0.2) is 13.9 Å². The number of halogens is 1. The average Bonchev–Trinajstić information content (AvgIpc) is 2.03. The fourth-order valence-electron chi connectivity index (χ4n) is 0.772. The van der Waals surface area contributed by atoms with E-state index in [-0.39, 0.29) is 16.3 Å². The second kappa shape index (κ2) is 3.31. The summed E-state index contributed by atoms with van der Waals surface area (Å²) in [7, 11) is 1.29. The third-order valence-electron chi connectivity index (χ3n) is 1.40. The Balaban J connectivity index is 3.38. The highest BCUT2D eigenvalue weighted by Crippen LogP contribution is 2.26. The molecule has 0 aliphatic heterocycles. The zero-order valence-electron chi connectivity index (χ0n) is 6.36. The van der Waals surface area contributed by atoms with Gasteiger partial charge in [-0.3, -0.25) is 0 Å². The van der Waals surface area contributed by atoms with Crippen LogP contribution in [0.25, 0.3) is 0 Å². The van der Waals surface area contributed by atoms with Crippen LogP contribution in [0.4, 0.5) is 11.4 Å². The van der Waals surface area contributed by atoms with Gasteiger partial charge in [-0.05, 0) is 18.2 Å². The van der Waals surface area contributed by atoms with Gasteiger partial charge in [0.15, 0.2) is 0 Å². The van der Waals surface area contributed by atoms with Crippen molar-refractivity contribution in [1.82, 2.24) is 0 Å². The highest BCUT2D eigenvalue weighted by atomic mass is 35.7. The summed E-state index contributed by atoms with van der Waals surface area (Å²) in [4.78, 5) is -0.116. The molecular formula is C6H6ClN3O2S. The van der Waals surface area contributed by atoms with Gasteiger partial charge >= 0.3 is 0 Å². The van der Waals surface area contributed by atoms with Crippen molar-refractivity contribution in [2.75, 3.05) is 5.73 Å². The van der Waals surface area contributed by atoms with Gasteiger partial charge in [-0.1, -0.05) is 0 Å². The summed E-state index contributed by atoms with van der Waals surface area (Å²) >= 11 is 0. The van der Waals surface area contributed by atoms with Crippen molar-refractivity contribution in [2.45, 2.75) is 4.90 Å². The van der Waals surface area contributed by atoms with Gasteiger partial charge in [-0.15, -0.1) is 0 Å². The normalized spacial score (nSPS) is 11.2. The molecule has 0 saturated carbocycles. The lowest BCUT2D eigenvalue weighted by Gasteiger charge is -1.99.